The van der Waals surface area contributed by atoms with Crippen LogP contribution in [0.1, 0.15) is 38.8 Å². The summed E-state index contributed by atoms with van der Waals surface area (Å²) in [5, 5.41) is 3.55. The molecule has 1 aromatic rings. The van der Waals surface area contributed by atoms with Crippen LogP contribution in [0.15, 0.2) is 24.4 Å². The van der Waals surface area contributed by atoms with Crippen molar-refractivity contribution in [1.29, 1.82) is 0 Å². The molecule has 1 aromatic heterocycles. The first-order valence-corrected chi connectivity index (χ1v) is 7.07. The van der Waals surface area contributed by atoms with Crippen molar-refractivity contribution in [3.63, 3.8) is 0 Å². The van der Waals surface area contributed by atoms with Gasteiger partial charge in [0.15, 0.2) is 0 Å². The van der Waals surface area contributed by atoms with E-state index in [0.717, 1.165) is 51.1 Å². The molecule has 1 N–H and O–H groups in total. The van der Waals surface area contributed by atoms with Gasteiger partial charge in [-0.05, 0) is 44.4 Å². The SMILES string of the molecule is CCCNC(CCc1ccccn1)COCCC. The molecule has 1 rings (SSSR count). The average Bonchev–Trinajstić information content (AvgIpc) is 2.42. The Morgan fingerprint density at radius 1 is 1.28 bits per heavy atom. The van der Waals surface area contributed by atoms with Gasteiger partial charge < -0.3 is 10.1 Å². The Labute approximate surface area is 111 Å². The van der Waals surface area contributed by atoms with Crippen LogP contribution in [0.25, 0.3) is 0 Å². The van der Waals surface area contributed by atoms with E-state index >= 15 is 0 Å². The Balaban J connectivity index is 2.30. The molecule has 0 saturated carbocycles. The van der Waals surface area contributed by atoms with Gasteiger partial charge in [-0.3, -0.25) is 4.98 Å². The van der Waals surface area contributed by atoms with E-state index in [-0.39, 0.29) is 0 Å². The van der Waals surface area contributed by atoms with E-state index < -0.39 is 0 Å². The van der Waals surface area contributed by atoms with Crippen molar-refractivity contribution >= 4 is 0 Å². The predicted molar refractivity (Wildman–Crippen MR) is 75.7 cm³/mol. The molecule has 1 heterocycles. The number of rotatable bonds is 10. The predicted octanol–water partition coefficient (Wildman–Crippen LogP) is 2.81. The highest BCUT2D eigenvalue weighted by Gasteiger charge is 2.08. The van der Waals surface area contributed by atoms with Crippen molar-refractivity contribution < 1.29 is 4.74 Å². The number of hydrogen-bond acceptors (Lipinski definition) is 3. The summed E-state index contributed by atoms with van der Waals surface area (Å²) < 4.78 is 5.65. The summed E-state index contributed by atoms with van der Waals surface area (Å²) in [6.07, 6.45) is 6.20. The molecule has 3 heteroatoms. The number of nitrogens with zero attached hydrogens (tertiary/aromatic N) is 1. The molecule has 18 heavy (non-hydrogen) atoms. The Morgan fingerprint density at radius 3 is 2.83 bits per heavy atom. The van der Waals surface area contributed by atoms with Gasteiger partial charge >= 0.3 is 0 Å². The number of pyridine rings is 1. The third-order valence-electron chi connectivity index (χ3n) is 2.83. The highest BCUT2D eigenvalue weighted by molar-refractivity contribution is 5.03. The van der Waals surface area contributed by atoms with E-state index in [0.29, 0.717) is 6.04 Å². The van der Waals surface area contributed by atoms with Gasteiger partial charge in [-0.1, -0.05) is 19.9 Å². The van der Waals surface area contributed by atoms with E-state index in [1.165, 1.54) is 0 Å². The lowest BCUT2D eigenvalue weighted by atomic mass is 10.1. The quantitative estimate of drug-likeness (QED) is 0.648. The Kier molecular flexibility index (Phi) is 8.43. The maximum atomic E-state index is 5.65. The van der Waals surface area contributed by atoms with Crippen LogP contribution in [0.3, 0.4) is 0 Å². The number of nitrogens with one attached hydrogen (secondary N) is 1. The first-order chi connectivity index (χ1) is 8.86. The normalized spacial score (nSPS) is 12.6. The molecule has 0 saturated heterocycles. The number of aryl methyl sites for hydroxylation is 1. The molecular weight excluding hydrogens is 224 g/mol. The molecule has 0 radical (unpaired) electrons. The van der Waals surface area contributed by atoms with E-state index in [4.69, 9.17) is 4.74 Å². The van der Waals surface area contributed by atoms with Crippen LogP contribution in [0.2, 0.25) is 0 Å². The fourth-order valence-corrected chi connectivity index (χ4v) is 1.83. The largest absolute Gasteiger partial charge is 0.380 e. The molecule has 0 aliphatic carbocycles. The van der Waals surface area contributed by atoms with Crippen LogP contribution in [0.5, 0.6) is 0 Å². The van der Waals surface area contributed by atoms with Crippen molar-refractivity contribution in [1.82, 2.24) is 10.3 Å². The topological polar surface area (TPSA) is 34.2 Å². The van der Waals surface area contributed by atoms with Crippen LogP contribution in [-0.2, 0) is 11.2 Å². The fraction of sp³-hybridized carbons (Fsp3) is 0.667. The summed E-state index contributed by atoms with van der Waals surface area (Å²) >= 11 is 0. The van der Waals surface area contributed by atoms with Gasteiger partial charge in [-0.15, -0.1) is 0 Å². The Hall–Kier alpha value is -0.930. The first-order valence-electron chi connectivity index (χ1n) is 7.07. The van der Waals surface area contributed by atoms with Crippen LogP contribution in [0.4, 0.5) is 0 Å². The van der Waals surface area contributed by atoms with Crippen molar-refractivity contribution in [3.8, 4) is 0 Å². The summed E-state index contributed by atoms with van der Waals surface area (Å²) in [5.41, 5.74) is 1.16. The van der Waals surface area contributed by atoms with Gasteiger partial charge in [0.05, 0.1) is 6.61 Å². The lowest BCUT2D eigenvalue weighted by Crippen LogP contribution is -2.34. The summed E-state index contributed by atoms with van der Waals surface area (Å²) in [6, 6.07) is 6.54. The van der Waals surface area contributed by atoms with Gasteiger partial charge in [0.25, 0.3) is 0 Å². The monoisotopic (exact) mass is 250 g/mol. The zero-order valence-corrected chi connectivity index (χ0v) is 11.7. The Morgan fingerprint density at radius 2 is 2.17 bits per heavy atom. The van der Waals surface area contributed by atoms with Crippen molar-refractivity contribution in [2.45, 2.75) is 45.6 Å². The van der Waals surface area contributed by atoms with Gasteiger partial charge in [0.2, 0.25) is 0 Å². The standard InChI is InChI=1S/C15H26N2O/c1-3-10-16-15(13-18-12-4-2)9-8-14-7-5-6-11-17-14/h5-7,11,15-16H,3-4,8-10,12-13H2,1-2H3. The van der Waals surface area contributed by atoms with E-state index in [2.05, 4.69) is 30.2 Å². The van der Waals surface area contributed by atoms with E-state index in [1.54, 1.807) is 0 Å². The maximum absolute atomic E-state index is 5.65. The second-order valence-electron chi connectivity index (χ2n) is 4.59. The van der Waals surface area contributed by atoms with E-state index in [1.807, 2.05) is 18.3 Å². The number of ether oxygens (including phenoxy) is 1. The molecule has 0 amide bonds. The highest BCUT2D eigenvalue weighted by atomic mass is 16.5. The molecule has 0 aliphatic heterocycles. The fourth-order valence-electron chi connectivity index (χ4n) is 1.83. The molecule has 1 atom stereocenters. The van der Waals surface area contributed by atoms with Crippen LogP contribution >= 0.6 is 0 Å². The minimum Gasteiger partial charge on any atom is -0.380 e. The van der Waals surface area contributed by atoms with Crippen molar-refractivity contribution in [3.05, 3.63) is 30.1 Å². The summed E-state index contributed by atoms with van der Waals surface area (Å²) in [6.45, 7) is 7.05. The second kappa shape index (κ2) is 10.0. The zero-order valence-electron chi connectivity index (χ0n) is 11.7. The minimum atomic E-state index is 0.443. The maximum Gasteiger partial charge on any atom is 0.0619 e. The number of hydrogen-bond donors (Lipinski definition) is 1. The molecule has 0 bridgehead atoms. The molecule has 102 valence electrons. The van der Waals surface area contributed by atoms with Gasteiger partial charge in [-0.2, -0.15) is 0 Å². The molecule has 0 aliphatic rings. The lowest BCUT2D eigenvalue weighted by molar-refractivity contribution is 0.109. The van der Waals surface area contributed by atoms with Crippen LogP contribution in [0, 0.1) is 0 Å². The molecule has 1 unspecified atom stereocenters. The van der Waals surface area contributed by atoms with Crippen molar-refractivity contribution in [2.75, 3.05) is 19.8 Å². The van der Waals surface area contributed by atoms with Crippen LogP contribution < -0.4 is 5.32 Å². The second-order valence-corrected chi connectivity index (χ2v) is 4.59. The van der Waals surface area contributed by atoms with E-state index in [9.17, 15) is 0 Å². The van der Waals surface area contributed by atoms with Gasteiger partial charge in [0.1, 0.15) is 0 Å². The summed E-state index contributed by atoms with van der Waals surface area (Å²) in [4.78, 5) is 4.36. The first kappa shape index (κ1) is 15.1. The smallest absolute Gasteiger partial charge is 0.0619 e. The van der Waals surface area contributed by atoms with Gasteiger partial charge in [0, 0.05) is 24.5 Å². The average molecular weight is 250 g/mol. The molecule has 0 aromatic carbocycles. The highest BCUT2D eigenvalue weighted by Crippen LogP contribution is 2.03. The molecule has 0 fully saturated rings. The summed E-state index contributed by atoms with van der Waals surface area (Å²) in [7, 11) is 0. The third-order valence-corrected chi connectivity index (χ3v) is 2.83. The third kappa shape index (κ3) is 6.72. The molecule has 3 nitrogen and oxygen atoms in total. The number of aromatic nitrogens is 1. The zero-order chi connectivity index (χ0) is 13.1. The van der Waals surface area contributed by atoms with Crippen LogP contribution in [-0.4, -0.2) is 30.8 Å². The Bertz CT molecular complexity index is 290. The molecular formula is C15H26N2O. The molecule has 0 spiro atoms. The minimum absolute atomic E-state index is 0.443. The van der Waals surface area contributed by atoms with Crippen molar-refractivity contribution in [2.24, 2.45) is 0 Å². The summed E-state index contributed by atoms with van der Waals surface area (Å²) in [5.74, 6) is 0. The van der Waals surface area contributed by atoms with Gasteiger partial charge in [-0.25, -0.2) is 0 Å². The lowest BCUT2D eigenvalue weighted by Gasteiger charge is -2.18.